The zero-order chi connectivity index (χ0) is 19.6. The van der Waals surface area contributed by atoms with Gasteiger partial charge in [0.25, 0.3) is 0 Å². The summed E-state index contributed by atoms with van der Waals surface area (Å²) in [4.78, 5) is 33.3. The summed E-state index contributed by atoms with van der Waals surface area (Å²) in [5, 5.41) is 0. The molecule has 0 N–H and O–H groups in total. The van der Waals surface area contributed by atoms with Crippen molar-refractivity contribution in [3.63, 3.8) is 0 Å². The summed E-state index contributed by atoms with van der Waals surface area (Å²) < 4.78 is 7.77. The van der Waals surface area contributed by atoms with E-state index in [0.29, 0.717) is 19.4 Å². The zero-order valence-corrected chi connectivity index (χ0v) is 16.9. The van der Waals surface area contributed by atoms with Gasteiger partial charge < -0.3 is 19.1 Å². The van der Waals surface area contributed by atoms with Gasteiger partial charge in [-0.25, -0.2) is 4.98 Å². The van der Waals surface area contributed by atoms with E-state index in [4.69, 9.17) is 4.74 Å². The van der Waals surface area contributed by atoms with Crippen molar-refractivity contribution in [1.82, 2.24) is 19.4 Å². The van der Waals surface area contributed by atoms with Crippen LogP contribution in [0.15, 0.2) is 12.4 Å². The molecule has 28 heavy (non-hydrogen) atoms. The average molecular weight is 389 g/mol. The molecule has 1 spiro atoms. The summed E-state index contributed by atoms with van der Waals surface area (Å²) in [5.74, 6) is 1.45. The Morgan fingerprint density at radius 3 is 2.82 bits per heavy atom. The molecule has 154 valence electrons. The van der Waals surface area contributed by atoms with Crippen LogP contribution < -0.4 is 0 Å². The standard InChI is InChI=1S/C21H32N4O3/c1-17-22-9-13-23(17)10-5-20(27)24-11-7-21(8-12-24)6-4-19(26)25(16-21)15-18-3-2-14-28-18/h9,13,18H,2-8,10-12,14-16H2,1H3. The van der Waals surface area contributed by atoms with E-state index in [0.717, 1.165) is 70.7 Å². The summed E-state index contributed by atoms with van der Waals surface area (Å²) in [6, 6.07) is 0. The third-order valence-corrected chi connectivity index (χ3v) is 6.86. The van der Waals surface area contributed by atoms with Crippen molar-refractivity contribution in [1.29, 1.82) is 0 Å². The number of amides is 2. The molecule has 3 aliphatic heterocycles. The van der Waals surface area contributed by atoms with Gasteiger partial charge in [-0.1, -0.05) is 0 Å². The third kappa shape index (κ3) is 4.24. The van der Waals surface area contributed by atoms with Crippen molar-refractivity contribution in [2.45, 2.75) is 64.5 Å². The van der Waals surface area contributed by atoms with E-state index in [1.165, 1.54) is 0 Å². The topological polar surface area (TPSA) is 67.7 Å². The summed E-state index contributed by atoms with van der Waals surface area (Å²) >= 11 is 0. The largest absolute Gasteiger partial charge is 0.376 e. The Morgan fingerprint density at radius 1 is 1.32 bits per heavy atom. The van der Waals surface area contributed by atoms with Crippen molar-refractivity contribution >= 4 is 11.8 Å². The smallest absolute Gasteiger partial charge is 0.224 e. The minimum absolute atomic E-state index is 0.185. The van der Waals surface area contributed by atoms with Crippen LogP contribution in [0.25, 0.3) is 0 Å². The van der Waals surface area contributed by atoms with Crippen LogP contribution in [0.4, 0.5) is 0 Å². The SMILES string of the molecule is Cc1nccn1CCC(=O)N1CCC2(CCC(=O)N(CC3CCCO3)C2)CC1. The normalized spacial score (nSPS) is 24.9. The highest BCUT2D eigenvalue weighted by Gasteiger charge is 2.42. The Bertz CT molecular complexity index is 702. The van der Waals surface area contributed by atoms with Gasteiger partial charge in [-0.05, 0) is 44.4 Å². The predicted octanol–water partition coefficient (Wildman–Crippen LogP) is 1.99. The number of hydrogen-bond acceptors (Lipinski definition) is 4. The van der Waals surface area contributed by atoms with E-state index in [2.05, 4.69) is 4.98 Å². The number of aromatic nitrogens is 2. The summed E-state index contributed by atoms with van der Waals surface area (Å²) in [6.45, 7) is 6.67. The Balaban J connectivity index is 1.28. The fourth-order valence-electron chi connectivity index (χ4n) is 4.96. The molecular weight excluding hydrogens is 356 g/mol. The second kappa shape index (κ2) is 8.23. The van der Waals surface area contributed by atoms with E-state index in [1.54, 1.807) is 6.20 Å². The summed E-state index contributed by atoms with van der Waals surface area (Å²) in [6.07, 6.45) is 10.2. The van der Waals surface area contributed by atoms with Crippen LogP contribution in [0.3, 0.4) is 0 Å². The molecule has 0 saturated carbocycles. The lowest BCUT2D eigenvalue weighted by atomic mass is 9.72. The first kappa shape index (κ1) is 19.4. The molecule has 1 unspecified atom stereocenters. The minimum Gasteiger partial charge on any atom is -0.376 e. The second-order valence-electron chi connectivity index (χ2n) is 8.71. The molecular formula is C21H32N4O3. The first-order chi connectivity index (χ1) is 13.5. The summed E-state index contributed by atoms with van der Waals surface area (Å²) in [7, 11) is 0. The van der Waals surface area contributed by atoms with Crippen LogP contribution in [-0.4, -0.2) is 70.1 Å². The molecule has 4 heterocycles. The molecule has 3 fully saturated rings. The van der Waals surface area contributed by atoms with Crippen molar-refractivity contribution in [2.24, 2.45) is 5.41 Å². The number of hydrogen-bond donors (Lipinski definition) is 0. The first-order valence-electron chi connectivity index (χ1n) is 10.7. The number of piperidine rings is 2. The van der Waals surface area contributed by atoms with Crippen LogP contribution in [0.2, 0.25) is 0 Å². The van der Waals surface area contributed by atoms with Gasteiger partial charge in [-0.3, -0.25) is 9.59 Å². The van der Waals surface area contributed by atoms with Gasteiger partial charge in [0.15, 0.2) is 0 Å². The zero-order valence-electron chi connectivity index (χ0n) is 16.9. The monoisotopic (exact) mass is 388 g/mol. The predicted molar refractivity (Wildman–Crippen MR) is 105 cm³/mol. The number of carbonyl (C=O) groups is 2. The number of imidazole rings is 1. The fourth-order valence-corrected chi connectivity index (χ4v) is 4.96. The van der Waals surface area contributed by atoms with Crippen LogP contribution in [0.1, 0.15) is 50.8 Å². The number of nitrogens with zero attached hydrogens (tertiary/aromatic N) is 4. The number of likely N-dealkylation sites (tertiary alicyclic amines) is 2. The summed E-state index contributed by atoms with van der Waals surface area (Å²) in [5.41, 5.74) is 0.185. The Kier molecular flexibility index (Phi) is 5.71. The highest BCUT2D eigenvalue weighted by molar-refractivity contribution is 5.77. The van der Waals surface area contributed by atoms with Gasteiger partial charge in [0, 0.05) is 64.6 Å². The number of carbonyl (C=O) groups excluding carboxylic acids is 2. The van der Waals surface area contributed by atoms with Crippen molar-refractivity contribution in [3.8, 4) is 0 Å². The molecule has 4 rings (SSSR count). The van der Waals surface area contributed by atoms with Crippen LogP contribution in [0.5, 0.6) is 0 Å². The number of rotatable bonds is 5. The van der Waals surface area contributed by atoms with E-state index >= 15 is 0 Å². The third-order valence-electron chi connectivity index (χ3n) is 6.86. The highest BCUT2D eigenvalue weighted by atomic mass is 16.5. The van der Waals surface area contributed by atoms with E-state index < -0.39 is 0 Å². The van der Waals surface area contributed by atoms with Gasteiger partial charge in [-0.15, -0.1) is 0 Å². The molecule has 7 heteroatoms. The van der Waals surface area contributed by atoms with Gasteiger partial charge >= 0.3 is 0 Å². The first-order valence-corrected chi connectivity index (χ1v) is 10.7. The highest BCUT2D eigenvalue weighted by Crippen LogP contribution is 2.40. The second-order valence-corrected chi connectivity index (χ2v) is 8.71. The molecule has 3 saturated heterocycles. The van der Waals surface area contributed by atoms with Crippen LogP contribution in [-0.2, 0) is 20.9 Å². The molecule has 2 amide bonds. The Morgan fingerprint density at radius 2 is 2.14 bits per heavy atom. The molecule has 0 aliphatic carbocycles. The van der Waals surface area contributed by atoms with Crippen LogP contribution >= 0.6 is 0 Å². The molecule has 7 nitrogen and oxygen atoms in total. The van der Waals surface area contributed by atoms with Crippen molar-refractivity contribution in [3.05, 3.63) is 18.2 Å². The quantitative estimate of drug-likeness (QED) is 0.774. The maximum Gasteiger partial charge on any atom is 0.224 e. The molecule has 3 aliphatic rings. The lowest BCUT2D eigenvalue weighted by Crippen LogP contribution is -2.53. The molecule has 1 atom stereocenters. The van der Waals surface area contributed by atoms with E-state index in [1.807, 2.05) is 27.5 Å². The molecule has 0 bridgehead atoms. The van der Waals surface area contributed by atoms with Crippen molar-refractivity contribution < 1.29 is 14.3 Å². The molecule has 0 radical (unpaired) electrons. The van der Waals surface area contributed by atoms with Gasteiger partial charge in [-0.2, -0.15) is 0 Å². The lowest BCUT2D eigenvalue weighted by Gasteiger charge is -2.47. The van der Waals surface area contributed by atoms with Crippen LogP contribution in [0, 0.1) is 12.3 Å². The Hall–Kier alpha value is -1.89. The van der Waals surface area contributed by atoms with E-state index in [9.17, 15) is 9.59 Å². The maximum absolute atomic E-state index is 12.6. The van der Waals surface area contributed by atoms with Gasteiger partial charge in [0.1, 0.15) is 5.82 Å². The number of aryl methyl sites for hydroxylation is 2. The molecule has 1 aromatic rings. The Labute approximate surface area is 167 Å². The maximum atomic E-state index is 12.6. The van der Waals surface area contributed by atoms with Gasteiger partial charge in [0.05, 0.1) is 6.10 Å². The molecule has 1 aromatic heterocycles. The lowest BCUT2D eigenvalue weighted by molar-refractivity contribution is -0.144. The number of ether oxygens (including phenoxy) is 1. The van der Waals surface area contributed by atoms with Gasteiger partial charge in [0.2, 0.25) is 11.8 Å². The minimum atomic E-state index is 0.185. The van der Waals surface area contributed by atoms with Crippen molar-refractivity contribution in [2.75, 3.05) is 32.8 Å². The molecule has 0 aromatic carbocycles. The van der Waals surface area contributed by atoms with E-state index in [-0.39, 0.29) is 23.3 Å². The fraction of sp³-hybridized carbons (Fsp3) is 0.762. The average Bonchev–Trinajstić information content (AvgIpc) is 3.35.